The van der Waals surface area contributed by atoms with Crippen molar-refractivity contribution in [2.24, 2.45) is 0 Å². The molecule has 0 spiro atoms. The second-order valence-electron chi connectivity index (χ2n) is 6.98. The summed E-state index contributed by atoms with van der Waals surface area (Å²) in [5.41, 5.74) is 0.491. The number of benzene rings is 2. The van der Waals surface area contributed by atoms with Gasteiger partial charge in [0.15, 0.2) is 0 Å². The van der Waals surface area contributed by atoms with Crippen LogP contribution in [-0.4, -0.2) is 48.3 Å². The number of imide groups is 1. The molecule has 2 atom stereocenters. The first-order valence-corrected chi connectivity index (χ1v) is 8.99. The number of nitrogens with one attached hydrogen (secondary N) is 1. The SMILES string of the molecule is COc1cccc([C@@]2(C)NC(=O)N(C[C@H](O)COc3ccc(C)cc3)C2=O)c1. The molecule has 0 unspecified atom stereocenters. The van der Waals surface area contributed by atoms with Crippen molar-refractivity contribution >= 4 is 11.9 Å². The van der Waals surface area contributed by atoms with Crippen LogP contribution in [0.1, 0.15) is 18.1 Å². The molecule has 2 aromatic carbocycles. The standard InChI is InChI=1S/C21H24N2O5/c1-14-7-9-17(10-8-14)28-13-16(24)12-23-19(25)21(2,22-20(23)26)15-5-4-6-18(11-15)27-3/h4-11,16,24H,12-13H2,1-3H3,(H,22,26)/t16-,21+/m0/s1. The number of β-amino-alcohol motifs (C(OH)–C–C–N with tert-alkyl or cyclic N) is 1. The van der Waals surface area contributed by atoms with Crippen molar-refractivity contribution in [1.82, 2.24) is 10.2 Å². The van der Waals surface area contributed by atoms with Gasteiger partial charge in [0.1, 0.15) is 29.7 Å². The third-order valence-corrected chi connectivity index (χ3v) is 4.78. The zero-order valence-electron chi connectivity index (χ0n) is 16.1. The lowest BCUT2D eigenvalue weighted by Crippen LogP contribution is -2.42. The van der Waals surface area contributed by atoms with E-state index in [4.69, 9.17) is 9.47 Å². The van der Waals surface area contributed by atoms with Gasteiger partial charge in [-0.2, -0.15) is 0 Å². The van der Waals surface area contributed by atoms with Crippen LogP contribution in [-0.2, 0) is 10.3 Å². The van der Waals surface area contributed by atoms with Gasteiger partial charge in [-0.3, -0.25) is 9.69 Å². The minimum Gasteiger partial charge on any atom is -0.497 e. The largest absolute Gasteiger partial charge is 0.497 e. The number of rotatable bonds is 7. The smallest absolute Gasteiger partial charge is 0.325 e. The Morgan fingerprint density at radius 3 is 2.54 bits per heavy atom. The van der Waals surface area contributed by atoms with Crippen LogP contribution in [0, 0.1) is 6.92 Å². The average Bonchev–Trinajstić information content (AvgIpc) is 2.91. The number of carbonyl (C=O) groups excluding carboxylic acids is 2. The summed E-state index contributed by atoms with van der Waals surface area (Å²) in [6, 6.07) is 13.8. The summed E-state index contributed by atoms with van der Waals surface area (Å²) in [7, 11) is 1.53. The Labute approximate surface area is 163 Å². The quantitative estimate of drug-likeness (QED) is 0.715. The highest BCUT2D eigenvalue weighted by molar-refractivity contribution is 6.07. The Kier molecular flexibility index (Phi) is 5.56. The highest BCUT2D eigenvalue weighted by Crippen LogP contribution is 2.31. The van der Waals surface area contributed by atoms with Gasteiger partial charge >= 0.3 is 6.03 Å². The van der Waals surface area contributed by atoms with E-state index in [-0.39, 0.29) is 13.2 Å². The molecule has 28 heavy (non-hydrogen) atoms. The number of nitrogens with zero attached hydrogens (tertiary/aromatic N) is 1. The number of ether oxygens (including phenoxy) is 2. The van der Waals surface area contributed by atoms with Crippen LogP contribution in [0.4, 0.5) is 4.79 Å². The Balaban J connectivity index is 1.66. The third-order valence-electron chi connectivity index (χ3n) is 4.78. The molecule has 1 aliphatic rings. The van der Waals surface area contributed by atoms with E-state index < -0.39 is 23.6 Å². The number of hydrogen-bond acceptors (Lipinski definition) is 5. The van der Waals surface area contributed by atoms with E-state index in [1.54, 1.807) is 43.3 Å². The number of aryl methyl sites for hydroxylation is 1. The van der Waals surface area contributed by atoms with Gasteiger partial charge in [-0.1, -0.05) is 29.8 Å². The number of aliphatic hydroxyl groups is 1. The lowest BCUT2D eigenvalue weighted by molar-refractivity contribution is -0.132. The molecule has 148 valence electrons. The van der Waals surface area contributed by atoms with Crippen molar-refractivity contribution in [2.45, 2.75) is 25.5 Å². The topological polar surface area (TPSA) is 88.1 Å². The van der Waals surface area contributed by atoms with Crippen molar-refractivity contribution in [3.05, 3.63) is 59.7 Å². The van der Waals surface area contributed by atoms with Gasteiger partial charge < -0.3 is 19.9 Å². The number of aliphatic hydroxyl groups excluding tert-OH is 1. The summed E-state index contributed by atoms with van der Waals surface area (Å²) >= 11 is 0. The Bertz CT molecular complexity index is 867. The maximum absolute atomic E-state index is 12.9. The molecule has 1 fully saturated rings. The normalized spacial score (nSPS) is 20.1. The maximum atomic E-state index is 12.9. The average molecular weight is 384 g/mol. The van der Waals surface area contributed by atoms with E-state index in [1.165, 1.54) is 7.11 Å². The van der Waals surface area contributed by atoms with Gasteiger partial charge in [0.25, 0.3) is 5.91 Å². The molecule has 7 heteroatoms. The van der Waals surface area contributed by atoms with E-state index >= 15 is 0 Å². The molecule has 0 bridgehead atoms. The van der Waals surface area contributed by atoms with E-state index in [0.29, 0.717) is 17.1 Å². The summed E-state index contributed by atoms with van der Waals surface area (Å²) in [6.45, 7) is 3.42. The molecule has 2 aromatic rings. The molecule has 0 aromatic heterocycles. The number of methoxy groups -OCH3 is 1. The summed E-state index contributed by atoms with van der Waals surface area (Å²) in [5.74, 6) is 0.772. The highest BCUT2D eigenvalue weighted by atomic mass is 16.5. The van der Waals surface area contributed by atoms with Crippen LogP contribution in [0.2, 0.25) is 0 Å². The van der Waals surface area contributed by atoms with E-state index in [0.717, 1.165) is 10.5 Å². The molecule has 1 saturated heterocycles. The van der Waals surface area contributed by atoms with Gasteiger partial charge in [0.05, 0.1) is 13.7 Å². The predicted molar refractivity (Wildman–Crippen MR) is 103 cm³/mol. The molecule has 0 aliphatic carbocycles. The minimum atomic E-state index is -1.22. The molecule has 3 amide bonds. The molecule has 3 rings (SSSR count). The molecule has 2 N–H and O–H groups in total. The number of amides is 3. The van der Waals surface area contributed by atoms with E-state index in [1.807, 2.05) is 19.1 Å². The fourth-order valence-electron chi connectivity index (χ4n) is 3.08. The molecule has 1 aliphatic heterocycles. The Morgan fingerprint density at radius 1 is 1.14 bits per heavy atom. The second-order valence-corrected chi connectivity index (χ2v) is 6.98. The van der Waals surface area contributed by atoms with Crippen molar-refractivity contribution in [1.29, 1.82) is 0 Å². The first kappa shape index (κ1) is 19.7. The lowest BCUT2D eigenvalue weighted by atomic mass is 9.92. The van der Waals surface area contributed by atoms with Gasteiger partial charge in [-0.15, -0.1) is 0 Å². The number of urea groups is 1. The van der Waals surface area contributed by atoms with Crippen LogP contribution in [0.15, 0.2) is 48.5 Å². The zero-order valence-corrected chi connectivity index (χ0v) is 16.1. The third kappa shape index (κ3) is 3.94. The first-order chi connectivity index (χ1) is 13.3. The van der Waals surface area contributed by atoms with Crippen LogP contribution in [0.25, 0.3) is 0 Å². The summed E-state index contributed by atoms with van der Waals surface area (Å²) in [5, 5.41) is 13.0. The summed E-state index contributed by atoms with van der Waals surface area (Å²) in [6.07, 6.45) is -1.01. The van der Waals surface area contributed by atoms with E-state index in [9.17, 15) is 14.7 Å². The van der Waals surface area contributed by atoms with Crippen molar-refractivity contribution in [2.75, 3.05) is 20.3 Å². The van der Waals surface area contributed by atoms with Crippen LogP contribution >= 0.6 is 0 Å². The highest BCUT2D eigenvalue weighted by Gasteiger charge is 2.49. The summed E-state index contributed by atoms with van der Waals surface area (Å²) < 4.78 is 10.7. The Hall–Kier alpha value is -3.06. The van der Waals surface area contributed by atoms with E-state index in [2.05, 4.69) is 5.32 Å². The lowest BCUT2D eigenvalue weighted by Gasteiger charge is -2.23. The fraction of sp³-hybridized carbons (Fsp3) is 0.333. The number of hydrogen-bond donors (Lipinski definition) is 2. The molecule has 0 saturated carbocycles. The monoisotopic (exact) mass is 384 g/mol. The first-order valence-electron chi connectivity index (χ1n) is 8.99. The number of carbonyl (C=O) groups is 2. The minimum absolute atomic E-state index is 0.0318. The molecule has 0 radical (unpaired) electrons. The molecular weight excluding hydrogens is 360 g/mol. The predicted octanol–water partition coefficient (Wildman–Crippen LogP) is 2.21. The van der Waals surface area contributed by atoms with Gasteiger partial charge in [-0.25, -0.2) is 4.79 Å². The molecule has 7 nitrogen and oxygen atoms in total. The van der Waals surface area contributed by atoms with Crippen molar-refractivity contribution in [3.8, 4) is 11.5 Å². The van der Waals surface area contributed by atoms with Crippen molar-refractivity contribution in [3.63, 3.8) is 0 Å². The van der Waals surface area contributed by atoms with Crippen LogP contribution < -0.4 is 14.8 Å². The molecule has 1 heterocycles. The fourth-order valence-corrected chi connectivity index (χ4v) is 3.08. The van der Waals surface area contributed by atoms with Gasteiger partial charge in [-0.05, 0) is 43.7 Å². The Morgan fingerprint density at radius 2 is 1.86 bits per heavy atom. The maximum Gasteiger partial charge on any atom is 0.325 e. The van der Waals surface area contributed by atoms with Crippen LogP contribution in [0.5, 0.6) is 11.5 Å². The molecular formula is C21H24N2O5. The van der Waals surface area contributed by atoms with Gasteiger partial charge in [0.2, 0.25) is 0 Å². The van der Waals surface area contributed by atoms with Gasteiger partial charge in [0, 0.05) is 0 Å². The zero-order chi connectivity index (χ0) is 20.3. The summed E-state index contributed by atoms with van der Waals surface area (Å²) in [4.78, 5) is 26.3. The second kappa shape index (κ2) is 7.90. The van der Waals surface area contributed by atoms with Crippen LogP contribution in [0.3, 0.4) is 0 Å². The van der Waals surface area contributed by atoms with Crippen molar-refractivity contribution < 1.29 is 24.2 Å².